The molecule has 1 saturated heterocycles. The average Bonchev–Trinajstić information content (AvgIpc) is 2.14. The summed E-state index contributed by atoms with van der Waals surface area (Å²) in [6, 6.07) is -0.0833. The first kappa shape index (κ1) is 11.1. The van der Waals surface area contributed by atoms with Gasteiger partial charge in [-0.25, -0.2) is 8.42 Å². The fourth-order valence-electron chi connectivity index (χ4n) is 2.28. The van der Waals surface area contributed by atoms with E-state index >= 15 is 0 Å². The van der Waals surface area contributed by atoms with E-state index in [9.17, 15) is 8.42 Å². The Morgan fingerprint density at radius 2 is 1.77 bits per heavy atom. The van der Waals surface area contributed by atoms with Gasteiger partial charge in [0.2, 0.25) is 18.0 Å². The molecule has 0 bridgehead atoms. The molecule has 0 N–H and O–H groups in total. The summed E-state index contributed by atoms with van der Waals surface area (Å²) >= 11 is 0. The van der Waals surface area contributed by atoms with Crippen molar-refractivity contribution < 1.29 is 8.42 Å². The SMILES string of the molecule is [B]N1C(C)C(C(C)C)C(C)S1(=O)=O. The minimum atomic E-state index is -3.24. The van der Waals surface area contributed by atoms with Crippen LogP contribution in [0.5, 0.6) is 0 Å². The van der Waals surface area contributed by atoms with Gasteiger partial charge >= 0.3 is 0 Å². The summed E-state index contributed by atoms with van der Waals surface area (Å²) in [5.74, 6) is 0.475. The zero-order valence-corrected chi connectivity index (χ0v) is 9.38. The molecule has 0 aromatic rings. The average molecular weight is 201 g/mol. The molecular formula is C8H16BNO2S. The Bertz CT molecular complexity index is 289. The Morgan fingerprint density at radius 1 is 1.31 bits per heavy atom. The van der Waals surface area contributed by atoms with E-state index in [0.29, 0.717) is 5.92 Å². The van der Waals surface area contributed by atoms with Crippen LogP contribution < -0.4 is 0 Å². The molecule has 0 spiro atoms. The highest BCUT2D eigenvalue weighted by Crippen LogP contribution is 2.35. The maximum atomic E-state index is 11.6. The van der Waals surface area contributed by atoms with Gasteiger partial charge in [0.15, 0.2) is 0 Å². The number of nitrogens with zero attached hydrogens (tertiary/aromatic N) is 1. The Kier molecular flexibility index (Phi) is 2.79. The first-order valence-electron chi connectivity index (χ1n) is 4.58. The third-order valence-electron chi connectivity index (χ3n) is 3.03. The predicted molar refractivity (Wildman–Crippen MR) is 53.8 cm³/mol. The van der Waals surface area contributed by atoms with Gasteiger partial charge in [-0.1, -0.05) is 13.8 Å². The van der Waals surface area contributed by atoms with Crippen molar-refractivity contribution in [2.75, 3.05) is 0 Å². The maximum Gasteiger partial charge on any atom is 0.206 e. The van der Waals surface area contributed by atoms with Gasteiger partial charge in [-0.15, -0.1) is 0 Å². The van der Waals surface area contributed by atoms with Crippen molar-refractivity contribution in [1.82, 2.24) is 4.22 Å². The van der Waals surface area contributed by atoms with Gasteiger partial charge in [-0.2, -0.15) is 0 Å². The number of hydrogen-bond acceptors (Lipinski definition) is 2. The molecule has 5 heteroatoms. The summed E-state index contributed by atoms with van der Waals surface area (Å²) in [6.45, 7) is 7.67. The first-order valence-corrected chi connectivity index (χ1v) is 6.08. The van der Waals surface area contributed by atoms with Crippen LogP contribution in [0.15, 0.2) is 0 Å². The van der Waals surface area contributed by atoms with E-state index in [2.05, 4.69) is 0 Å². The molecule has 0 saturated carbocycles. The molecule has 1 rings (SSSR count). The number of rotatable bonds is 1. The zero-order valence-electron chi connectivity index (χ0n) is 8.56. The van der Waals surface area contributed by atoms with Gasteiger partial charge in [0.1, 0.15) is 0 Å². The van der Waals surface area contributed by atoms with Crippen LogP contribution in [0, 0.1) is 11.8 Å². The van der Waals surface area contributed by atoms with Crippen molar-refractivity contribution in [3.8, 4) is 0 Å². The molecule has 3 nitrogen and oxygen atoms in total. The molecule has 1 heterocycles. The van der Waals surface area contributed by atoms with Gasteiger partial charge in [0, 0.05) is 6.04 Å². The van der Waals surface area contributed by atoms with E-state index in [4.69, 9.17) is 7.98 Å². The predicted octanol–water partition coefficient (Wildman–Crippen LogP) is 0.764. The normalized spacial score (nSPS) is 39.9. The molecule has 0 amide bonds. The van der Waals surface area contributed by atoms with Crippen LogP contribution in [0.1, 0.15) is 27.7 Å². The molecule has 0 aliphatic carbocycles. The lowest BCUT2D eigenvalue weighted by Crippen LogP contribution is -2.31. The minimum absolute atomic E-state index is 0.0833. The molecule has 0 aromatic heterocycles. The second kappa shape index (κ2) is 3.28. The number of hydrogen-bond donors (Lipinski definition) is 0. The van der Waals surface area contributed by atoms with Gasteiger partial charge in [-0.05, 0) is 25.7 Å². The Hall–Kier alpha value is -0.0251. The van der Waals surface area contributed by atoms with E-state index in [0.717, 1.165) is 4.22 Å². The van der Waals surface area contributed by atoms with Crippen molar-refractivity contribution in [1.29, 1.82) is 0 Å². The minimum Gasteiger partial charge on any atom is -0.253 e. The molecule has 13 heavy (non-hydrogen) atoms. The lowest BCUT2D eigenvalue weighted by molar-refractivity contribution is 0.302. The van der Waals surface area contributed by atoms with Crippen LogP contribution in [-0.4, -0.2) is 31.9 Å². The van der Waals surface area contributed by atoms with Crippen molar-refractivity contribution in [3.63, 3.8) is 0 Å². The van der Waals surface area contributed by atoms with Gasteiger partial charge in [0.25, 0.3) is 0 Å². The highest BCUT2D eigenvalue weighted by molar-refractivity contribution is 7.90. The molecule has 1 aliphatic heterocycles. The molecule has 1 aliphatic rings. The third kappa shape index (κ3) is 1.52. The summed E-state index contributed by atoms with van der Waals surface area (Å²) in [6.07, 6.45) is 0. The van der Waals surface area contributed by atoms with Gasteiger partial charge in [-0.3, -0.25) is 4.22 Å². The first-order chi connectivity index (χ1) is 5.80. The van der Waals surface area contributed by atoms with Crippen LogP contribution in [0.3, 0.4) is 0 Å². The lowest BCUT2D eigenvalue weighted by atomic mass is 9.86. The lowest BCUT2D eigenvalue weighted by Gasteiger charge is -2.22. The molecule has 74 valence electrons. The van der Waals surface area contributed by atoms with E-state index in [-0.39, 0.29) is 17.2 Å². The summed E-state index contributed by atoms with van der Waals surface area (Å²) in [5.41, 5.74) is 0. The van der Waals surface area contributed by atoms with Crippen LogP contribution in [0.2, 0.25) is 0 Å². The third-order valence-corrected chi connectivity index (χ3v) is 5.21. The Labute approximate surface area is 82.0 Å². The van der Waals surface area contributed by atoms with Crippen molar-refractivity contribution in [2.45, 2.75) is 39.0 Å². The second-order valence-corrected chi connectivity index (χ2v) is 6.34. The van der Waals surface area contributed by atoms with E-state index in [1.54, 1.807) is 6.92 Å². The Morgan fingerprint density at radius 3 is 1.92 bits per heavy atom. The fraction of sp³-hybridized carbons (Fsp3) is 1.00. The monoisotopic (exact) mass is 201 g/mol. The zero-order chi connectivity index (χ0) is 10.4. The van der Waals surface area contributed by atoms with Gasteiger partial charge < -0.3 is 0 Å². The summed E-state index contributed by atoms with van der Waals surface area (Å²) in [7, 11) is 2.28. The smallest absolute Gasteiger partial charge is 0.206 e. The molecular weight excluding hydrogens is 185 g/mol. The molecule has 0 aromatic carbocycles. The van der Waals surface area contributed by atoms with E-state index in [1.807, 2.05) is 20.8 Å². The van der Waals surface area contributed by atoms with E-state index < -0.39 is 10.0 Å². The Balaban J connectivity index is 3.06. The molecule has 3 unspecified atom stereocenters. The number of sulfonamides is 1. The fourth-order valence-corrected chi connectivity index (χ4v) is 4.21. The van der Waals surface area contributed by atoms with Crippen LogP contribution in [0.25, 0.3) is 0 Å². The topological polar surface area (TPSA) is 37.4 Å². The van der Waals surface area contributed by atoms with Gasteiger partial charge in [0.05, 0.1) is 5.25 Å². The molecule has 2 radical (unpaired) electrons. The largest absolute Gasteiger partial charge is 0.253 e. The maximum absolute atomic E-state index is 11.6. The highest BCUT2D eigenvalue weighted by Gasteiger charge is 2.46. The van der Waals surface area contributed by atoms with Crippen molar-refractivity contribution in [3.05, 3.63) is 0 Å². The van der Waals surface area contributed by atoms with E-state index in [1.165, 1.54) is 0 Å². The molecule has 3 atom stereocenters. The van der Waals surface area contributed by atoms with Crippen LogP contribution >= 0.6 is 0 Å². The highest BCUT2D eigenvalue weighted by atomic mass is 32.2. The van der Waals surface area contributed by atoms with Crippen LogP contribution in [0.4, 0.5) is 0 Å². The standard InChI is InChI=1S/C8H16BNO2S/c1-5(2)8-6(3)10(9)13(11,12)7(8)4/h5-8H,1-4H3. The quantitative estimate of drug-likeness (QED) is 0.587. The van der Waals surface area contributed by atoms with Crippen LogP contribution in [-0.2, 0) is 10.0 Å². The second-order valence-electron chi connectivity index (χ2n) is 4.14. The summed E-state index contributed by atoms with van der Waals surface area (Å²) in [5, 5.41) is -0.354. The van der Waals surface area contributed by atoms with Crippen molar-refractivity contribution >= 4 is 18.0 Å². The van der Waals surface area contributed by atoms with Crippen molar-refractivity contribution in [2.24, 2.45) is 11.8 Å². The summed E-state index contributed by atoms with van der Waals surface area (Å²) < 4.78 is 24.3. The molecule has 1 fully saturated rings. The summed E-state index contributed by atoms with van der Waals surface area (Å²) in [4.78, 5) is 0.